The van der Waals surface area contributed by atoms with Crippen molar-refractivity contribution in [3.8, 4) is 5.75 Å². The van der Waals surface area contributed by atoms with Crippen molar-refractivity contribution in [2.24, 2.45) is 5.92 Å². The molecule has 2 aromatic rings. The molecule has 0 spiro atoms. The predicted octanol–water partition coefficient (Wildman–Crippen LogP) is 4.12. The van der Waals surface area contributed by atoms with E-state index in [4.69, 9.17) is 0 Å². The summed E-state index contributed by atoms with van der Waals surface area (Å²) in [4.78, 5) is 0. The predicted molar refractivity (Wildman–Crippen MR) is 75.9 cm³/mol. The van der Waals surface area contributed by atoms with Crippen LogP contribution in [0.25, 0.3) is 0 Å². The topological polar surface area (TPSA) is 20.2 Å². The first-order chi connectivity index (χ1) is 8.63. The normalized spacial score (nSPS) is 12.3. The number of hydrogen-bond acceptors (Lipinski definition) is 1. The van der Waals surface area contributed by atoms with E-state index in [1.165, 1.54) is 16.7 Å². The van der Waals surface area contributed by atoms with Crippen molar-refractivity contribution in [3.63, 3.8) is 0 Å². The number of rotatable bonds is 4. The second kappa shape index (κ2) is 5.72. The summed E-state index contributed by atoms with van der Waals surface area (Å²) in [5.41, 5.74) is 4.01. The molecule has 94 valence electrons. The Morgan fingerprint density at radius 1 is 0.944 bits per heavy atom. The molecule has 1 N–H and O–H groups in total. The molecule has 0 heterocycles. The van der Waals surface area contributed by atoms with Crippen LogP contribution in [-0.2, 0) is 12.8 Å². The zero-order chi connectivity index (χ0) is 13.0. The highest BCUT2D eigenvalue weighted by atomic mass is 16.3. The van der Waals surface area contributed by atoms with Gasteiger partial charge in [0.2, 0.25) is 0 Å². The lowest BCUT2D eigenvalue weighted by Crippen LogP contribution is -2.03. The number of benzene rings is 2. The Labute approximate surface area is 109 Å². The Balaban J connectivity index is 1.96. The van der Waals surface area contributed by atoms with Crippen molar-refractivity contribution in [2.45, 2.75) is 26.7 Å². The molecule has 0 amide bonds. The quantitative estimate of drug-likeness (QED) is 0.852. The standard InChI is InChI=1S/C17H20O/c1-13-4-3-5-16(10-13)12-14(2)11-15-6-8-17(18)9-7-15/h3-10,14,18H,11-12H2,1-2H3. The van der Waals surface area contributed by atoms with E-state index in [0.717, 1.165) is 12.8 Å². The third kappa shape index (κ3) is 3.63. The third-order valence-electron chi connectivity index (χ3n) is 3.19. The highest BCUT2D eigenvalue weighted by Crippen LogP contribution is 2.17. The number of phenols is 1. The second-order valence-electron chi connectivity index (χ2n) is 5.17. The minimum absolute atomic E-state index is 0.338. The summed E-state index contributed by atoms with van der Waals surface area (Å²) in [5, 5.41) is 9.26. The summed E-state index contributed by atoms with van der Waals surface area (Å²) < 4.78 is 0. The molecule has 0 saturated carbocycles. The zero-order valence-electron chi connectivity index (χ0n) is 11.1. The van der Waals surface area contributed by atoms with E-state index in [-0.39, 0.29) is 0 Å². The Kier molecular flexibility index (Phi) is 4.03. The zero-order valence-corrected chi connectivity index (χ0v) is 11.1. The van der Waals surface area contributed by atoms with Crippen molar-refractivity contribution < 1.29 is 5.11 Å². The second-order valence-corrected chi connectivity index (χ2v) is 5.17. The van der Waals surface area contributed by atoms with Crippen LogP contribution < -0.4 is 0 Å². The van der Waals surface area contributed by atoms with Crippen LogP contribution in [0.15, 0.2) is 48.5 Å². The van der Waals surface area contributed by atoms with E-state index >= 15 is 0 Å². The lowest BCUT2D eigenvalue weighted by Gasteiger charge is -2.12. The van der Waals surface area contributed by atoms with E-state index in [1.807, 2.05) is 12.1 Å². The summed E-state index contributed by atoms with van der Waals surface area (Å²) in [6, 6.07) is 16.2. The lowest BCUT2D eigenvalue weighted by molar-refractivity contribution is 0.474. The van der Waals surface area contributed by atoms with Crippen LogP contribution in [0, 0.1) is 12.8 Å². The van der Waals surface area contributed by atoms with Crippen LogP contribution >= 0.6 is 0 Å². The fraction of sp³-hybridized carbons (Fsp3) is 0.294. The van der Waals surface area contributed by atoms with Crippen LogP contribution in [0.2, 0.25) is 0 Å². The number of phenolic OH excluding ortho intramolecular Hbond substituents is 1. The lowest BCUT2D eigenvalue weighted by atomic mass is 9.94. The molecular formula is C17H20O. The SMILES string of the molecule is Cc1cccc(CC(C)Cc2ccc(O)cc2)c1. The maximum absolute atomic E-state index is 9.26. The third-order valence-corrected chi connectivity index (χ3v) is 3.19. The molecule has 0 bridgehead atoms. The average molecular weight is 240 g/mol. The molecule has 0 aliphatic carbocycles. The molecule has 0 fully saturated rings. The van der Waals surface area contributed by atoms with Gasteiger partial charge in [-0.15, -0.1) is 0 Å². The molecule has 0 aliphatic rings. The van der Waals surface area contributed by atoms with Crippen molar-refractivity contribution in [2.75, 3.05) is 0 Å². The molecule has 0 saturated heterocycles. The summed E-state index contributed by atoms with van der Waals surface area (Å²) >= 11 is 0. The van der Waals surface area contributed by atoms with E-state index in [1.54, 1.807) is 12.1 Å². The first-order valence-corrected chi connectivity index (χ1v) is 6.47. The van der Waals surface area contributed by atoms with Crippen molar-refractivity contribution >= 4 is 0 Å². The van der Waals surface area contributed by atoms with Gasteiger partial charge < -0.3 is 5.11 Å². The molecule has 2 aromatic carbocycles. The van der Waals surface area contributed by atoms with E-state index in [2.05, 4.69) is 38.1 Å². The van der Waals surface area contributed by atoms with Gasteiger partial charge in [0.25, 0.3) is 0 Å². The highest BCUT2D eigenvalue weighted by Gasteiger charge is 2.05. The first-order valence-electron chi connectivity index (χ1n) is 6.47. The average Bonchev–Trinajstić information content (AvgIpc) is 2.32. The number of hydrogen-bond donors (Lipinski definition) is 1. The van der Waals surface area contributed by atoms with E-state index in [9.17, 15) is 5.11 Å². The maximum atomic E-state index is 9.26. The van der Waals surface area contributed by atoms with Gasteiger partial charge in [0, 0.05) is 0 Å². The Bertz CT molecular complexity index is 499. The van der Waals surface area contributed by atoms with Gasteiger partial charge in [0.1, 0.15) is 5.75 Å². The molecule has 1 heteroatoms. The van der Waals surface area contributed by atoms with Gasteiger partial charge in [0.05, 0.1) is 0 Å². The van der Waals surface area contributed by atoms with Crippen molar-refractivity contribution in [1.82, 2.24) is 0 Å². The van der Waals surface area contributed by atoms with Gasteiger partial charge in [-0.2, -0.15) is 0 Å². The number of aryl methyl sites for hydroxylation is 1. The van der Waals surface area contributed by atoms with Gasteiger partial charge in [-0.05, 0) is 48.9 Å². The van der Waals surface area contributed by atoms with E-state index < -0.39 is 0 Å². The van der Waals surface area contributed by atoms with E-state index in [0.29, 0.717) is 11.7 Å². The van der Waals surface area contributed by atoms with Crippen LogP contribution in [0.5, 0.6) is 5.75 Å². The largest absolute Gasteiger partial charge is 0.508 e. The maximum Gasteiger partial charge on any atom is 0.115 e. The summed E-state index contributed by atoms with van der Waals surface area (Å²) in [7, 11) is 0. The minimum atomic E-state index is 0.338. The molecule has 18 heavy (non-hydrogen) atoms. The van der Waals surface area contributed by atoms with Crippen LogP contribution in [0.4, 0.5) is 0 Å². The molecule has 1 nitrogen and oxygen atoms in total. The fourth-order valence-corrected chi connectivity index (χ4v) is 2.35. The molecule has 1 unspecified atom stereocenters. The monoisotopic (exact) mass is 240 g/mol. The molecule has 0 radical (unpaired) electrons. The summed E-state index contributed by atoms with van der Waals surface area (Å²) in [6.07, 6.45) is 2.15. The van der Waals surface area contributed by atoms with Gasteiger partial charge in [0.15, 0.2) is 0 Å². The Morgan fingerprint density at radius 3 is 2.28 bits per heavy atom. The smallest absolute Gasteiger partial charge is 0.115 e. The molecular weight excluding hydrogens is 220 g/mol. The number of aromatic hydroxyl groups is 1. The first kappa shape index (κ1) is 12.7. The summed E-state index contributed by atoms with van der Waals surface area (Å²) in [5.74, 6) is 0.946. The van der Waals surface area contributed by atoms with Gasteiger partial charge in [-0.25, -0.2) is 0 Å². The fourth-order valence-electron chi connectivity index (χ4n) is 2.35. The Hall–Kier alpha value is -1.76. The molecule has 2 rings (SSSR count). The Morgan fingerprint density at radius 2 is 1.61 bits per heavy atom. The van der Waals surface area contributed by atoms with Crippen LogP contribution in [-0.4, -0.2) is 5.11 Å². The minimum Gasteiger partial charge on any atom is -0.508 e. The van der Waals surface area contributed by atoms with Gasteiger partial charge in [-0.3, -0.25) is 0 Å². The van der Waals surface area contributed by atoms with Crippen LogP contribution in [0.3, 0.4) is 0 Å². The molecule has 0 aliphatic heterocycles. The molecule has 0 aromatic heterocycles. The molecule has 1 atom stereocenters. The highest BCUT2D eigenvalue weighted by molar-refractivity contribution is 5.27. The summed E-state index contributed by atoms with van der Waals surface area (Å²) in [6.45, 7) is 4.41. The van der Waals surface area contributed by atoms with Crippen molar-refractivity contribution in [3.05, 3.63) is 65.2 Å². The van der Waals surface area contributed by atoms with Crippen LogP contribution in [0.1, 0.15) is 23.6 Å². The van der Waals surface area contributed by atoms with Gasteiger partial charge in [-0.1, -0.05) is 48.9 Å². The van der Waals surface area contributed by atoms with Gasteiger partial charge >= 0.3 is 0 Å². The van der Waals surface area contributed by atoms with Crippen molar-refractivity contribution in [1.29, 1.82) is 0 Å².